The average Bonchev–Trinajstić information content (AvgIpc) is 2.78. The lowest BCUT2D eigenvalue weighted by Crippen LogP contribution is -2.52. The van der Waals surface area contributed by atoms with Gasteiger partial charge in [0.25, 0.3) is 5.91 Å². The summed E-state index contributed by atoms with van der Waals surface area (Å²) in [5.74, 6) is -1.54. The highest BCUT2D eigenvalue weighted by Gasteiger charge is 2.35. The molecule has 0 aliphatic rings. The van der Waals surface area contributed by atoms with E-state index in [0.29, 0.717) is 29.0 Å². The number of carboxylic acids is 1. The summed E-state index contributed by atoms with van der Waals surface area (Å²) in [5.41, 5.74) is -0.264. The Morgan fingerprint density at radius 3 is 2.64 bits per heavy atom. The van der Waals surface area contributed by atoms with Crippen LogP contribution < -0.4 is 5.32 Å². The lowest BCUT2D eigenvalue weighted by atomic mass is 9.96. The number of hydrogen-bond donors (Lipinski definition) is 2. The van der Waals surface area contributed by atoms with Gasteiger partial charge in [0.1, 0.15) is 5.54 Å². The maximum absolute atomic E-state index is 12.4. The van der Waals surface area contributed by atoms with Gasteiger partial charge in [0.2, 0.25) is 0 Å². The van der Waals surface area contributed by atoms with Gasteiger partial charge < -0.3 is 14.8 Å². The van der Waals surface area contributed by atoms with Gasteiger partial charge in [-0.3, -0.25) is 4.79 Å². The fourth-order valence-electron chi connectivity index (χ4n) is 2.46. The molecule has 2 aromatic rings. The third-order valence-electron chi connectivity index (χ3n) is 3.73. The van der Waals surface area contributed by atoms with E-state index in [1.165, 1.54) is 6.92 Å². The Bertz CT molecular complexity index is 737. The van der Waals surface area contributed by atoms with Crippen LogP contribution in [-0.2, 0) is 4.79 Å². The van der Waals surface area contributed by atoms with Crippen molar-refractivity contribution < 1.29 is 19.1 Å². The molecule has 1 aromatic carbocycles. The van der Waals surface area contributed by atoms with Crippen molar-refractivity contribution in [3.8, 4) is 0 Å². The summed E-state index contributed by atoms with van der Waals surface area (Å²) in [6.07, 6.45) is 0.960. The van der Waals surface area contributed by atoms with Crippen molar-refractivity contribution in [2.75, 3.05) is 0 Å². The van der Waals surface area contributed by atoms with Crippen molar-refractivity contribution in [3.05, 3.63) is 34.5 Å². The van der Waals surface area contributed by atoms with Crippen LogP contribution in [0.25, 0.3) is 11.0 Å². The van der Waals surface area contributed by atoms with Crippen LogP contribution in [0.15, 0.2) is 22.6 Å². The highest BCUT2D eigenvalue weighted by Crippen LogP contribution is 2.31. The van der Waals surface area contributed by atoms with Crippen molar-refractivity contribution in [2.24, 2.45) is 0 Å². The fraction of sp³-hybridized carbons (Fsp3) is 0.375. The van der Waals surface area contributed by atoms with Crippen LogP contribution in [-0.4, -0.2) is 22.5 Å². The molecule has 0 bridgehead atoms. The first kappa shape index (κ1) is 16.4. The molecule has 1 unspecified atom stereocenters. The molecule has 0 saturated carbocycles. The molecule has 1 amide bonds. The van der Waals surface area contributed by atoms with Crippen LogP contribution in [0.1, 0.15) is 42.8 Å². The van der Waals surface area contributed by atoms with Crippen molar-refractivity contribution >= 4 is 34.4 Å². The summed E-state index contributed by atoms with van der Waals surface area (Å²) < 4.78 is 5.56. The zero-order chi connectivity index (χ0) is 16.5. The van der Waals surface area contributed by atoms with E-state index in [9.17, 15) is 14.7 Å². The number of nitrogens with one attached hydrogen (secondary N) is 1. The first-order chi connectivity index (χ1) is 10.3. The number of aryl methyl sites for hydroxylation is 1. The van der Waals surface area contributed by atoms with Crippen LogP contribution in [0.4, 0.5) is 0 Å². The normalized spacial score (nSPS) is 13.8. The average molecular weight is 324 g/mol. The number of fused-ring (bicyclic) bond motifs is 1. The number of aliphatic carboxylic acids is 1. The van der Waals surface area contributed by atoms with Gasteiger partial charge in [0, 0.05) is 10.9 Å². The van der Waals surface area contributed by atoms with E-state index >= 15 is 0 Å². The minimum atomic E-state index is -1.33. The Hall–Kier alpha value is -2.01. The molecule has 118 valence electrons. The predicted molar refractivity (Wildman–Crippen MR) is 84.4 cm³/mol. The second kappa shape index (κ2) is 6.01. The number of carbonyl (C=O) groups excluding carboxylic acids is 1. The number of hydrogen-bond acceptors (Lipinski definition) is 3. The third-order valence-corrected chi connectivity index (χ3v) is 4.03. The smallest absolute Gasteiger partial charge is 0.329 e. The van der Waals surface area contributed by atoms with Crippen LogP contribution in [0.3, 0.4) is 0 Å². The zero-order valence-corrected chi connectivity index (χ0v) is 13.5. The molecule has 0 radical (unpaired) electrons. The van der Waals surface area contributed by atoms with E-state index in [2.05, 4.69) is 5.32 Å². The van der Waals surface area contributed by atoms with Gasteiger partial charge in [0.15, 0.2) is 11.3 Å². The second-order valence-electron chi connectivity index (χ2n) is 5.51. The summed E-state index contributed by atoms with van der Waals surface area (Å²) in [4.78, 5) is 23.9. The van der Waals surface area contributed by atoms with Gasteiger partial charge in [-0.2, -0.15) is 0 Å². The lowest BCUT2D eigenvalue weighted by Gasteiger charge is -2.25. The summed E-state index contributed by atoms with van der Waals surface area (Å²) in [5, 5.41) is 13.1. The van der Waals surface area contributed by atoms with Crippen molar-refractivity contribution in [2.45, 2.75) is 39.2 Å². The molecule has 0 saturated heterocycles. The fourth-order valence-corrected chi connectivity index (χ4v) is 2.67. The summed E-state index contributed by atoms with van der Waals surface area (Å²) >= 11 is 6.06. The molecular weight excluding hydrogens is 306 g/mol. The number of halogens is 1. The van der Waals surface area contributed by atoms with E-state index < -0.39 is 17.4 Å². The Morgan fingerprint density at radius 1 is 1.41 bits per heavy atom. The minimum Gasteiger partial charge on any atom is -0.480 e. The molecule has 1 aromatic heterocycles. The largest absolute Gasteiger partial charge is 0.480 e. The molecule has 0 aliphatic heterocycles. The number of amides is 1. The number of para-hydroxylation sites is 1. The maximum Gasteiger partial charge on any atom is 0.329 e. The van der Waals surface area contributed by atoms with E-state index in [0.717, 1.165) is 5.39 Å². The van der Waals surface area contributed by atoms with E-state index in [1.54, 1.807) is 25.1 Å². The van der Waals surface area contributed by atoms with Gasteiger partial charge in [0.05, 0.1) is 5.02 Å². The first-order valence-electron chi connectivity index (χ1n) is 7.03. The Balaban J connectivity index is 2.40. The molecule has 2 rings (SSSR count). The molecule has 0 spiro atoms. The topological polar surface area (TPSA) is 79.5 Å². The van der Waals surface area contributed by atoms with E-state index in [-0.39, 0.29) is 5.76 Å². The summed E-state index contributed by atoms with van der Waals surface area (Å²) in [6, 6.07) is 5.25. The molecule has 5 nitrogen and oxygen atoms in total. The molecule has 22 heavy (non-hydrogen) atoms. The number of carbonyl (C=O) groups is 2. The van der Waals surface area contributed by atoms with Crippen molar-refractivity contribution in [3.63, 3.8) is 0 Å². The summed E-state index contributed by atoms with van der Waals surface area (Å²) in [7, 11) is 0. The standard InChI is InChI=1S/C16H18ClNO4/c1-4-8-16(3,15(20)21)18-14(19)12-9(2)10-6-5-7-11(17)13(10)22-12/h5-7H,4,8H2,1-3H3,(H,18,19)(H,20,21). The van der Waals surface area contributed by atoms with Crippen LogP contribution in [0.5, 0.6) is 0 Å². The quantitative estimate of drug-likeness (QED) is 0.877. The second-order valence-corrected chi connectivity index (χ2v) is 5.92. The van der Waals surface area contributed by atoms with Crippen LogP contribution in [0.2, 0.25) is 5.02 Å². The molecule has 0 aliphatic carbocycles. The zero-order valence-electron chi connectivity index (χ0n) is 12.7. The van der Waals surface area contributed by atoms with Gasteiger partial charge >= 0.3 is 5.97 Å². The van der Waals surface area contributed by atoms with Crippen LogP contribution in [0, 0.1) is 6.92 Å². The summed E-state index contributed by atoms with van der Waals surface area (Å²) in [6.45, 7) is 5.09. The van der Waals surface area contributed by atoms with Crippen LogP contribution >= 0.6 is 11.6 Å². The van der Waals surface area contributed by atoms with Crippen molar-refractivity contribution in [1.82, 2.24) is 5.32 Å². The Kier molecular flexibility index (Phi) is 4.47. The van der Waals surface area contributed by atoms with E-state index in [4.69, 9.17) is 16.0 Å². The van der Waals surface area contributed by atoms with Gasteiger partial charge in [-0.25, -0.2) is 4.79 Å². The number of carboxylic acid groups (broad SMARTS) is 1. The highest BCUT2D eigenvalue weighted by atomic mass is 35.5. The molecule has 1 heterocycles. The number of benzene rings is 1. The Labute approximate surface area is 133 Å². The molecule has 6 heteroatoms. The molecular formula is C16H18ClNO4. The predicted octanol–water partition coefficient (Wildman–Crippen LogP) is 3.77. The van der Waals surface area contributed by atoms with E-state index in [1.807, 2.05) is 6.92 Å². The minimum absolute atomic E-state index is 0.0895. The van der Waals surface area contributed by atoms with Crippen molar-refractivity contribution in [1.29, 1.82) is 0 Å². The lowest BCUT2D eigenvalue weighted by molar-refractivity contribution is -0.144. The number of rotatable bonds is 5. The highest BCUT2D eigenvalue weighted by molar-refractivity contribution is 6.35. The monoisotopic (exact) mass is 323 g/mol. The molecule has 2 N–H and O–H groups in total. The SMILES string of the molecule is CCCC(C)(NC(=O)c1oc2c(Cl)cccc2c1C)C(=O)O. The van der Waals surface area contributed by atoms with Gasteiger partial charge in [-0.05, 0) is 26.3 Å². The maximum atomic E-state index is 12.4. The molecule has 0 fully saturated rings. The Morgan fingerprint density at radius 2 is 2.09 bits per heavy atom. The van der Waals surface area contributed by atoms with Gasteiger partial charge in [-0.1, -0.05) is 37.1 Å². The number of furan rings is 1. The third kappa shape index (κ3) is 2.81. The first-order valence-corrected chi connectivity index (χ1v) is 7.41. The van der Waals surface area contributed by atoms with Gasteiger partial charge in [-0.15, -0.1) is 0 Å². The molecule has 1 atom stereocenters.